The largest absolute Gasteiger partial charge is 0.497 e. The van der Waals surface area contributed by atoms with Crippen LogP contribution >= 0.6 is 0 Å². The highest BCUT2D eigenvalue weighted by molar-refractivity contribution is 7.89. The lowest BCUT2D eigenvalue weighted by Gasteiger charge is -2.32. The molecule has 0 bridgehead atoms. The van der Waals surface area contributed by atoms with Crippen molar-refractivity contribution >= 4 is 27.5 Å². The van der Waals surface area contributed by atoms with Gasteiger partial charge in [-0.15, -0.1) is 0 Å². The van der Waals surface area contributed by atoms with Crippen LogP contribution in [0.1, 0.15) is 22.8 Å². The Labute approximate surface area is 203 Å². The van der Waals surface area contributed by atoms with Crippen molar-refractivity contribution in [1.29, 1.82) is 0 Å². The quantitative estimate of drug-likeness (QED) is 0.347. The second-order valence-electron chi connectivity index (χ2n) is 7.48. The number of Topliss-reactive ketones (excluding diaryl/α,β-unsaturated/α-hetero) is 1. The van der Waals surface area contributed by atoms with Gasteiger partial charge in [0.15, 0.2) is 12.4 Å². The fourth-order valence-electron chi connectivity index (χ4n) is 3.69. The number of methoxy groups -OCH3 is 1. The van der Waals surface area contributed by atoms with Crippen molar-refractivity contribution in [3.8, 4) is 11.5 Å². The lowest BCUT2D eigenvalue weighted by atomic mass is 10.0. The molecule has 0 spiro atoms. The maximum atomic E-state index is 13.5. The lowest BCUT2D eigenvalue weighted by molar-refractivity contribution is -0.139. The fraction of sp³-hybridized carbons (Fsp3) is 0.154. The molecule has 0 aromatic heterocycles. The number of hydrogen-bond acceptors (Lipinski definition) is 7. The molecule has 0 aliphatic carbocycles. The number of carbonyl (C=O) groups is 2. The average molecular weight is 494 g/mol. The van der Waals surface area contributed by atoms with E-state index in [1.165, 1.54) is 19.2 Å². The first-order valence-electron chi connectivity index (χ1n) is 10.8. The lowest BCUT2D eigenvalue weighted by Crippen LogP contribution is -2.38. The molecule has 0 N–H and O–H groups in total. The Kier molecular flexibility index (Phi) is 6.88. The Morgan fingerprint density at radius 2 is 1.49 bits per heavy atom. The number of carbonyl (C=O) groups excluding carboxylic acids is 2. The maximum Gasteiger partial charge on any atom is 0.349 e. The molecule has 0 radical (unpaired) electrons. The zero-order valence-electron chi connectivity index (χ0n) is 19.1. The molecule has 4 rings (SSSR count). The molecule has 0 saturated heterocycles. The Hall–Kier alpha value is -4.11. The summed E-state index contributed by atoms with van der Waals surface area (Å²) in [7, 11) is -2.51. The Balaban J connectivity index is 1.73. The smallest absolute Gasteiger partial charge is 0.349 e. The number of ether oxygens (including phenoxy) is 3. The van der Waals surface area contributed by atoms with Crippen molar-refractivity contribution in [2.45, 2.75) is 11.8 Å². The second kappa shape index (κ2) is 10.0. The molecule has 0 amide bonds. The molecule has 0 fully saturated rings. The summed E-state index contributed by atoms with van der Waals surface area (Å²) in [6.07, 6.45) is 0. The van der Waals surface area contributed by atoms with E-state index in [1.807, 2.05) is 0 Å². The molecule has 0 unspecified atom stereocenters. The first kappa shape index (κ1) is 24.0. The third-order valence-electron chi connectivity index (χ3n) is 5.33. The minimum Gasteiger partial charge on any atom is -0.497 e. The van der Waals surface area contributed by atoms with Crippen molar-refractivity contribution < 1.29 is 32.2 Å². The Bertz CT molecular complexity index is 1380. The molecule has 3 aromatic rings. The first-order chi connectivity index (χ1) is 16.9. The number of allylic oxidation sites excluding steroid dienone is 1. The SMILES string of the molecule is CCN1C(C(=O)c2ccccc2)=C(OC(=O)COc2ccc(OC)cc2)c2ccccc2S1(=O)=O. The fourth-order valence-corrected chi connectivity index (χ4v) is 5.36. The number of benzene rings is 3. The van der Waals surface area contributed by atoms with Gasteiger partial charge in [0.25, 0.3) is 10.0 Å². The minimum absolute atomic E-state index is 0.0338. The Morgan fingerprint density at radius 1 is 0.857 bits per heavy atom. The molecule has 1 aliphatic heterocycles. The van der Waals surface area contributed by atoms with Crippen LogP contribution < -0.4 is 9.47 Å². The zero-order valence-corrected chi connectivity index (χ0v) is 19.9. The van der Waals surface area contributed by atoms with Gasteiger partial charge in [0.05, 0.1) is 12.0 Å². The Morgan fingerprint density at radius 3 is 2.14 bits per heavy atom. The van der Waals surface area contributed by atoms with E-state index in [2.05, 4.69) is 0 Å². The second-order valence-corrected chi connectivity index (χ2v) is 9.31. The number of ketones is 1. The van der Waals surface area contributed by atoms with E-state index in [-0.39, 0.29) is 34.0 Å². The molecule has 1 aliphatic rings. The summed E-state index contributed by atoms with van der Waals surface area (Å²) in [4.78, 5) is 26.2. The first-order valence-corrected chi connectivity index (χ1v) is 12.2. The molecule has 9 heteroatoms. The highest BCUT2D eigenvalue weighted by atomic mass is 32.2. The van der Waals surface area contributed by atoms with Gasteiger partial charge in [-0.1, -0.05) is 42.5 Å². The van der Waals surface area contributed by atoms with Crippen LogP contribution in [0.4, 0.5) is 0 Å². The molecule has 8 nitrogen and oxygen atoms in total. The van der Waals surface area contributed by atoms with E-state index >= 15 is 0 Å². The molecule has 0 atom stereocenters. The van der Waals surface area contributed by atoms with Crippen LogP contribution in [-0.2, 0) is 19.6 Å². The summed E-state index contributed by atoms with van der Waals surface area (Å²) >= 11 is 0. The topological polar surface area (TPSA) is 99.2 Å². The third kappa shape index (κ3) is 4.76. The molecule has 35 heavy (non-hydrogen) atoms. The number of fused-ring (bicyclic) bond motifs is 1. The highest BCUT2D eigenvalue weighted by Crippen LogP contribution is 2.38. The predicted octanol–water partition coefficient (Wildman–Crippen LogP) is 3.89. The van der Waals surface area contributed by atoms with Gasteiger partial charge in [-0.25, -0.2) is 13.2 Å². The summed E-state index contributed by atoms with van der Waals surface area (Å²) < 4.78 is 43.9. The molecular formula is C26H23NO7S. The van der Waals surface area contributed by atoms with E-state index in [9.17, 15) is 18.0 Å². The molecule has 3 aromatic carbocycles. The van der Waals surface area contributed by atoms with Crippen LogP contribution in [0.2, 0.25) is 0 Å². The number of nitrogens with zero attached hydrogens (tertiary/aromatic N) is 1. The van der Waals surface area contributed by atoms with Gasteiger partial charge in [0.2, 0.25) is 5.78 Å². The zero-order chi connectivity index (χ0) is 25.0. The normalized spacial score (nSPS) is 14.2. The summed E-state index contributed by atoms with van der Waals surface area (Å²) in [5.74, 6) is -0.453. The van der Waals surface area contributed by atoms with Crippen LogP contribution in [-0.4, -0.2) is 44.7 Å². The van der Waals surface area contributed by atoms with Crippen molar-refractivity contribution in [2.75, 3.05) is 20.3 Å². The third-order valence-corrected chi connectivity index (χ3v) is 7.27. The average Bonchev–Trinajstić information content (AvgIpc) is 2.89. The minimum atomic E-state index is -4.05. The summed E-state index contributed by atoms with van der Waals surface area (Å²) in [6.45, 7) is 1.12. The van der Waals surface area contributed by atoms with Crippen molar-refractivity contribution in [3.63, 3.8) is 0 Å². The maximum absolute atomic E-state index is 13.5. The van der Waals surface area contributed by atoms with Gasteiger partial charge in [0, 0.05) is 17.7 Å². The van der Waals surface area contributed by atoms with Crippen LogP contribution in [0.25, 0.3) is 5.76 Å². The van der Waals surface area contributed by atoms with E-state index in [1.54, 1.807) is 73.7 Å². The van der Waals surface area contributed by atoms with Crippen molar-refractivity contribution in [3.05, 3.63) is 95.7 Å². The van der Waals surface area contributed by atoms with Gasteiger partial charge in [-0.05, 0) is 43.3 Å². The highest BCUT2D eigenvalue weighted by Gasteiger charge is 2.41. The van der Waals surface area contributed by atoms with Gasteiger partial charge >= 0.3 is 5.97 Å². The molecule has 1 heterocycles. The monoisotopic (exact) mass is 493 g/mol. The van der Waals surface area contributed by atoms with E-state index in [0.717, 1.165) is 4.31 Å². The van der Waals surface area contributed by atoms with E-state index < -0.39 is 28.4 Å². The van der Waals surface area contributed by atoms with Crippen LogP contribution in [0.5, 0.6) is 11.5 Å². The number of rotatable bonds is 8. The number of hydrogen-bond donors (Lipinski definition) is 0. The van der Waals surface area contributed by atoms with Crippen LogP contribution in [0.3, 0.4) is 0 Å². The summed E-state index contributed by atoms with van der Waals surface area (Å²) in [6, 6.07) is 21.0. The van der Waals surface area contributed by atoms with Crippen LogP contribution in [0.15, 0.2) is 89.5 Å². The van der Waals surface area contributed by atoms with Gasteiger partial charge < -0.3 is 14.2 Å². The molecular weight excluding hydrogens is 470 g/mol. The predicted molar refractivity (Wildman–Crippen MR) is 128 cm³/mol. The van der Waals surface area contributed by atoms with E-state index in [4.69, 9.17) is 14.2 Å². The van der Waals surface area contributed by atoms with Gasteiger partial charge in [-0.2, -0.15) is 0 Å². The van der Waals surface area contributed by atoms with Gasteiger partial charge in [0.1, 0.15) is 17.2 Å². The summed E-state index contributed by atoms with van der Waals surface area (Å²) in [5.41, 5.74) is 0.169. The number of likely N-dealkylation sites (N-methyl/N-ethyl adjacent to an activating group) is 1. The summed E-state index contributed by atoms with van der Waals surface area (Å²) in [5, 5.41) is 0. The van der Waals surface area contributed by atoms with E-state index in [0.29, 0.717) is 11.5 Å². The molecule has 180 valence electrons. The molecule has 0 saturated carbocycles. The standard InChI is InChI=1S/C26H23NO7S/c1-3-27-24(25(29)18-9-5-4-6-10-18)26(21-11-7-8-12-22(21)35(27,30)31)34-23(28)17-33-20-15-13-19(32-2)14-16-20/h4-16H,3,17H2,1-2H3. The number of sulfonamides is 1. The van der Waals surface area contributed by atoms with Crippen LogP contribution in [0, 0.1) is 0 Å². The van der Waals surface area contributed by atoms with Crippen molar-refractivity contribution in [2.24, 2.45) is 0 Å². The number of esters is 1. The van der Waals surface area contributed by atoms with Gasteiger partial charge in [-0.3, -0.25) is 9.10 Å². The van der Waals surface area contributed by atoms with Crippen molar-refractivity contribution in [1.82, 2.24) is 4.31 Å².